The third kappa shape index (κ3) is 3.74. The Balaban J connectivity index is 2.02. The number of nitrogens with two attached hydrogens (primary N) is 1. The Morgan fingerprint density at radius 3 is 2.57 bits per heavy atom. The molecule has 1 aromatic rings. The predicted octanol–water partition coefficient (Wildman–Crippen LogP) is 0.844. The van der Waals surface area contributed by atoms with Crippen molar-refractivity contribution in [2.24, 2.45) is 11.7 Å². The van der Waals surface area contributed by atoms with Crippen molar-refractivity contribution >= 4 is 5.91 Å². The SMILES string of the molecule is CCNC(COc1ccc(CCO)cc1)(C(N)=O)C1CC1. The van der Waals surface area contributed by atoms with Crippen molar-refractivity contribution in [1.29, 1.82) is 0 Å². The van der Waals surface area contributed by atoms with Gasteiger partial charge in [0.2, 0.25) is 5.91 Å². The number of aliphatic hydroxyl groups is 1. The number of carbonyl (C=O) groups excluding carboxylic acids is 1. The summed E-state index contributed by atoms with van der Waals surface area (Å²) in [7, 11) is 0. The number of hydrogen-bond acceptors (Lipinski definition) is 4. The third-order valence-electron chi connectivity index (χ3n) is 4.00. The molecule has 2 rings (SSSR count). The van der Waals surface area contributed by atoms with E-state index in [2.05, 4.69) is 5.32 Å². The summed E-state index contributed by atoms with van der Waals surface area (Å²) >= 11 is 0. The van der Waals surface area contributed by atoms with Gasteiger partial charge in [-0.1, -0.05) is 19.1 Å². The van der Waals surface area contributed by atoms with Gasteiger partial charge in [-0.2, -0.15) is 0 Å². The highest BCUT2D eigenvalue weighted by atomic mass is 16.5. The molecule has 0 radical (unpaired) electrons. The van der Waals surface area contributed by atoms with Gasteiger partial charge in [-0.15, -0.1) is 0 Å². The lowest BCUT2D eigenvalue weighted by molar-refractivity contribution is -0.126. The number of likely N-dealkylation sites (N-methyl/N-ethyl adjacent to an activating group) is 1. The van der Waals surface area contributed by atoms with Crippen LogP contribution in [-0.4, -0.2) is 36.3 Å². The predicted molar refractivity (Wildman–Crippen MR) is 81.1 cm³/mol. The van der Waals surface area contributed by atoms with Crippen molar-refractivity contribution in [2.45, 2.75) is 31.7 Å². The molecule has 1 unspecified atom stereocenters. The van der Waals surface area contributed by atoms with E-state index in [0.717, 1.165) is 18.4 Å². The average Bonchev–Trinajstić information content (AvgIpc) is 3.30. The molecular formula is C16H24N2O3. The summed E-state index contributed by atoms with van der Waals surface area (Å²) in [5, 5.41) is 12.1. The molecule has 1 aliphatic carbocycles. The first kappa shape index (κ1) is 15.8. The van der Waals surface area contributed by atoms with Crippen molar-refractivity contribution in [3.63, 3.8) is 0 Å². The molecule has 1 aromatic carbocycles. The Bertz CT molecular complexity index is 471. The van der Waals surface area contributed by atoms with Gasteiger partial charge >= 0.3 is 0 Å². The maximum Gasteiger partial charge on any atom is 0.241 e. The van der Waals surface area contributed by atoms with Crippen LogP contribution in [0.2, 0.25) is 0 Å². The zero-order valence-corrected chi connectivity index (χ0v) is 12.5. The third-order valence-corrected chi connectivity index (χ3v) is 4.00. The van der Waals surface area contributed by atoms with Gasteiger partial charge in [0.05, 0.1) is 0 Å². The maximum absolute atomic E-state index is 11.9. The minimum absolute atomic E-state index is 0.132. The topological polar surface area (TPSA) is 84.6 Å². The number of nitrogens with one attached hydrogen (secondary N) is 1. The Hall–Kier alpha value is -1.59. The van der Waals surface area contributed by atoms with Crippen LogP contribution in [-0.2, 0) is 11.2 Å². The van der Waals surface area contributed by atoms with E-state index in [-0.39, 0.29) is 25.0 Å². The Morgan fingerprint density at radius 1 is 1.43 bits per heavy atom. The fourth-order valence-corrected chi connectivity index (χ4v) is 2.64. The molecule has 0 bridgehead atoms. The summed E-state index contributed by atoms with van der Waals surface area (Å²) in [6.07, 6.45) is 2.65. The molecule has 1 atom stereocenters. The summed E-state index contributed by atoms with van der Waals surface area (Å²) in [5.74, 6) is 0.633. The van der Waals surface area contributed by atoms with Crippen LogP contribution in [0.25, 0.3) is 0 Å². The Labute approximate surface area is 125 Å². The largest absolute Gasteiger partial charge is 0.491 e. The normalized spacial score (nSPS) is 17.2. The second-order valence-electron chi connectivity index (χ2n) is 5.55. The van der Waals surface area contributed by atoms with Gasteiger partial charge in [0, 0.05) is 6.61 Å². The van der Waals surface area contributed by atoms with Crippen LogP contribution in [0.15, 0.2) is 24.3 Å². The van der Waals surface area contributed by atoms with E-state index in [0.29, 0.717) is 18.7 Å². The van der Waals surface area contributed by atoms with E-state index in [1.54, 1.807) is 0 Å². The summed E-state index contributed by atoms with van der Waals surface area (Å²) in [6.45, 7) is 3.02. The number of rotatable bonds is 9. The zero-order chi connectivity index (χ0) is 15.3. The lowest BCUT2D eigenvalue weighted by Gasteiger charge is -2.31. The first-order valence-electron chi connectivity index (χ1n) is 7.50. The van der Waals surface area contributed by atoms with Gasteiger partial charge in [0.25, 0.3) is 0 Å². The summed E-state index contributed by atoms with van der Waals surface area (Å²) in [6, 6.07) is 7.55. The van der Waals surface area contributed by atoms with Gasteiger partial charge < -0.3 is 20.9 Å². The average molecular weight is 292 g/mol. The first-order chi connectivity index (χ1) is 10.1. The highest BCUT2D eigenvalue weighted by molar-refractivity contribution is 5.85. The molecule has 5 nitrogen and oxygen atoms in total. The minimum Gasteiger partial charge on any atom is -0.491 e. The van der Waals surface area contributed by atoms with Crippen LogP contribution >= 0.6 is 0 Å². The molecular weight excluding hydrogens is 268 g/mol. The highest BCUT2D eigenvalue weighted by Crippen LogP contribution is 2.40. The van der Waals surface area contributed by atoms with E-state index in [4.69, 9.17) is 15.6 Å². The van der Waals surface area contributed by atoms with E-state index in [9.17, 15) is 4.79 Å². The second-order valence-corrected chi connectivity index (χ2v) is 5.55. The number of aliphatic hydroxyl groups excluding tert-OH is 1. The number of benzene rings is 1. The minimum atomic E-state index is -0.765. The smallest absolute Gasteiger partial charge is 0.241 e. The van der Waals surface area contributed by atoms with Crippen LogP contribution in [0.5, 0.6) is 5.75 Å². The monoisotopic (exact) mass is 292 g/mol. The standard InChI is InChI=1S/C16H24N2O3/c1-2-18-16(15(17)20,13-5-6-13)11-21-14-7-3-12(4-8-14)9-10-19/h3-4,7-8,13,18-19H,2,5-6,9-11H2,1H3,(H2,17,20). The molecule has 0 aliphatic heterocycles. The highest BCUT2D eigenvalue weighted by Gasteiger charge is 2.50. The molecule has 1 amide bonds. The summed E-state index contributed by atoms with van der Waals surface area (Å²) in [4.78, 5) is 11.9. The quantitative estimate of drug-likeness (QED) is 0.630. The van der Waals surface area contributed by atoms with Gasteiger partial charge in [0.15, 0.2) is 0 Å². The molecule has 116 valence electrons. The van der Waals surface area contributed by atoms with Crippen molar-refractivity contribution in [3.05, 3.63) is 29.8 Å². The Morgan fingerprint density at radius 2 is 2.10 bits per heavy atom. The van der Waals surface area contributed by atoms with Crippen LogP contribution in [0, 0.1) is 5.92 Å². The van der Waals surface area contributed by atoms with Crippen molar-refractivity contribution < 1.29 is 14.6 Å². The lowest BCUT2D eigenvalue weighted by atomic mass is 9.93. The molecule has 5 heteroatoms. The summed E-state index contributed by atoms with van der Waals surface area (Å²) < 4.78 is 5.79. The second kappa shape index (κ2) is 6.91. The van der Waals surface area contributed by atoms with E-state index in [1.807, 2.05) is 31.2 Å². The molecule has 1 fully saturated rings. The first-order valence-corrected chi connectivity index (χ1v) is 7.50. The van der Waals surface area contributed by atoms with Gasteiger partial charge in [-0.25, -0.2) is 0 Å². The fraction of sp³-hybridized carbons (Fsp3) is 0.562. The van der Waals surface area contributed by atoms with Crippen molar-refractivity contribution in [2.75, 3.05) is 19.8 Å². The molecule has 21 heavy (non-hydrogen) atoms. The van der Waals surface area contributed by atoms with Crippen LogP contribution in [0.3, 0.4) is 0 Å². The molecule has 0 saturated heterocycles. The molecule has 4 N–H and O–H groups in total. The molecule has 0 heterocycles. The molecule has 1 aliphatic rings. The van der Waals surface area contributed by atoms with E-state index >= 15 is 0 Å². The van der Waals surface area contributed by atoms with E-state index in [1.165, 1.54) is 0 Å². The Kier molecular flexibility index (Phi) is 5.20. The number of amides is 1. The van der Waals surface area contributed by atoms with Gasteiger partial charge in [0.1, 0.15) is 17.9 Å². The van der Waals surface area contributed by atoms with Crippen LogP contribution < -0.4 is 15.8 Å². The van der Waals surface area contributed by atoms with Gasteiger partial charge in [-0.05, 0) is 49.4 Å². The van der Waals surface area contributed by atoms with Crippen LogP contribution in [0.4, 0.5) is 0 Å². The van der Waals surface area contributed by atoms with Crippen molar-refractivity contribution in [1.82, 2.24) is 5.32 Å². The number of hydrogen-bond donors (Lipinski definition) is 3. The maximum atomic E-state index is 11.9. The zero-order valence-electron chi connectivity index (χ0n) is 12.5. The van der Waals surface area contributed by atoms with Gasteiger partial charge in [-0.3, -0.25) is 4.79 Å². The van der Waals surface area contributed by atoms with Crippen LogP contribution in [0.1, 0.15) is 25.3 Å². The molecule has 0 aromatic heterocycles. The fourth-order valence-electron chi connectivity index (χ4n) is 2.64. The van der Waals surface area contributed by atoms with Crippen molar-refractivity contribution in [3.8, 4) is 5.75 Å². The number of primary amides is 1. The molecule has 1 saturated carbocycles. The number of carbonyl (C=O) groups is 1. The lowest BCUT2D eigenvalue weighted by Crippen LogP contribution is -2.61. The number of ether oxygens (including phenoxy) is 1. The molecule has 0 spiro atoms. The van der Waals surface area contributed by atoms with E-state index < -0.39 is 5.54 Å². The summed E-state index contributed by atoms with van der Waals surface area (Å²) in [5.41, 5.74) is 5.91.